The number of aromatic nitrogens is 1. The number of rotatable bonds is 4. The van der Waals surface area contributed by atoms with Gasteiger partial charge in [0.2, 0.25) is 0 Å². The molecule has 0 unspecified atom stereocenters. The Balaban J connectivity index is 1.74. The highest BCUT2D eigenvalue weighted by Crippen LogP contribution is 2.49. The second-order valence-electron chi connectivity index (χ2n) is 6.33. The number of methoxy groups -OCH3 is 1. The lowest BCUT2D eigenvalue weighted by Gasteiger charge is -2.21. The molecule has 0 aliphatic heterocycles. The Labute approximate surface area is 145 Å². The van der Waals surface area contributed by atoms with Crippen molar-refractivity contribution in [1.29, 1.82) is 0 Å². The van der Waals surface area contributed by atoms with E-state index in [4.69, 9.17) is 4.74 Å². The Morgan fingerprint density at radius 1 is 1.20 bits per heavy atom. The Kier molecular flexibility index (Phi) is 3.57. The van der Waals surface area contributed by atoms with Crippen LogP contribution in [0.25, 0.3) is 10.9 Å². The average Bonchev–Trinajstić information content (AvgIpc) is 3.41. The maximum atomic E-state index is 12.6. The fraction of sp³-hybridized carbons (Fsp3) is 0.200. The van der Waals surface area contributed by atoms with Gasteiger partial charge in [-0.15, -0.1) is 0 Å². The highest BCUT2D eigenvalue weighted by molar-refractivity contribution is 5.96. The first kappa shape index (κ1) is 15.4. The largest absolute Gasteiger partial charge is 0.508 e. The van der Waals surface area contributed by atoms with Crippen molar-refractivity contribution in [1.82, 2.24) is 10.3 Å². The molecule has 0 bridgehead atoms. The monoisotopic (exact) mass is 334 g/mol. The van der Waals surface area contributed by atoms with E-state index in [1.807, 2.05) is 24.3 Å². The maximum Gasteiger partial charge on any atom is 0.252 e. The summed E-state index contributed by atoms with van der Waals surface area (Å²) in [6, 6.07) is 14.1. The highest BCUT2D eigenvalue weighted by atomic mass is 16.5. The van der Waals surface area contributed by atoms with Crippen LogP contribution in [0.4, 0.5) is 0 Å². The Bertz CT molecular complexity index is 964. The molecule has 1 aliphatic carbocycles. The fourth-order valence-corrected chi connectivity index (χ4v) is 3.19. The SMILES string of the molecule is COc1cc(C2(NC(=O)c3cccc(O)c3)CC2)c2cccnc2c1. The van der Waals surface area contributed by atoms with E-state index in [9.17, 15) is 9.90 Å². The summed E-state index contributed by atoms with van der Waals surface area (Å²) in [6.45, 7) is 0. The number of phenolic OH excluding ortho intramolecular Hbond substituents is 1. The average molecular weight is 334 g/mol. The van der Waals surface area contributed by atoms with Crippen molar-refractivity contribution in [3.63, 3.8) is 0 Å². The van der Waals surface area contributed by atoms with Gasteiger partial charge in [0.25, 0.3) is 5.91 Å². The fourth-order valence-electron chi connectivity index (χ4n) is 3.19. The molecule has 1 amide bonds. The first-order valence-electron chi connectivity index (χ1n) is 8.16. The van der Waals surface area contributed by atoms with Crippen LogP contribution in [0.3, 0.4) is 0 Å². The lowest BCUT2D eigenvalue weighted by molar-refractivity contribution is 0.0930. The minimum absolute atomic E-state index is 0.0773. The number of carbonyl (C=O) groups is 1. The van der Waals surface area contributed by atoms with Gasteiger partial charge in [-0.05, 0) is 48.7 Å². The van der Waals surface area contributed by atoms with Gasteiger partial charge in [-0.1, -0.05) is 12.1 Å². The molecule has 25 heavy (non-hydrogen) atoms. The Hall–Kier alpha value is -3.08. The first-order valence-corrected chi connectivity index (χ1v) is 8.16. The van der Waals surface area contributed by atoms with Crippen LogP contribution in [0.1, 0.15) is 28.8 Å². The summed E-state index contributed by atoms with van der Waals surface area (Å²) >= 11 is 0. The van der Waals surface area contributed by atoms with E-state index in [1.54, 1.807) is 31.5 Å². The predicted molar refractivity (Wildman–Crippen MR) is 94.8 cm³/mol. The van der Waals surface area contributed by atoms with E-state index in [0.29, 0.717) is 5.56 Å². The standard InChI is InChI=1S/C20H18N2O3/c1-25-15-11-17(16-6-3-9-21-18(16)12-15)20(7-8-20)22-19(24)13-4-2-5-14(23)10-13/h2-6,9-12,23H,7-8H2,1H3,(H,22,24). The predicted octanol–water partition coefficient (Wildman–Crippen LogP) is 3.37. The third-order valence-electron chi connectivity index (χ3n) is 4.66. The molecule has 1 heterocycles. The molecule has 5 nitrogen and oxygen atoms in total. The van der Waals surface area contributed by atoms with Crippen LogP contribution < -0.4 is 10.1 Å². The third-order valence-corrected chi connectivity index (χ3v) is 4.66. The number of pyridine rings is 1. The molecule has 0 spiro atoms. The minimum atomic E-state index is -0.418. The highest BCUT2D eigenvalue weighted by Gasteiger charge is 2.47. The molecule has 5 heteroatoms. The maximum absolute atomic E-state index is 12.6. The lowest BCUT2D eigenvalue weighted by atomic mass is 9.98. The quantitative estimate of drug-likeness (QED) is 0.767. The molecule has 2 N–H and O–H groups in total. The van der Waals surface area contributed by atoms with Crippen molar-refractivity contribution in [3.05, 3.63) is 65.9 Å². The van der Waals surface area contributed by atoms with Crippen molar-refractivity contribution in [2.75, 3.05) is 7.11 Å². The van der Waals surface area contributed by atoms with E-state index in [1.165, 1.54) is 6.07 Å². The molecule has 1 aliphatic rings. The van der Waals surface area contributed by atoms with Crippen molar-refractivity contribution >= 4 is 16.8 Å². The number of fused-ring (bicyclic) bond motifs is 1. The van der Waals surface area contributed by atoms with Crippen LogP contribution >= 0.6 is 0 Å². The van der Waals surface area contributed by atoms with Gasteiger partial charge in [0.15, 0.2) is 0 Å². The number of carbonyl (C=O) groups excluding carboxylic acids is 1. The van der Waals surface area contributed by atoms with Gasteiger partial charge in [0.1, 0.15) is 11.5 Å². The van der Waals surface area contributed by atoms with E-state index >= 15 is 0 Å². The number of hydrogen-bond acceptors (Lipinski definition) is 4. The number of phenols is 1. The summed E-state index contributed by atoms with van der Waals surface area (Å²) in [7, 11) is 1.62. The molecule has 1 fully saturated rings. The van der Waals surface area contributed by atoms with E-state index < -0.39 is 5.54 Å². The number of ether oxygens (including phenoxy) is 1. The topological polar surface area (TPSA) is 71.5 Å². The molecule has 3 aromatic rings. The minimum Gasteiger partial charge on any atom is -0.508 e. The molecule has 2 aromatic carbocycles. The van der Waals surface area contributed by atoms with Crippen LogP contribution in [0.2, 0.25) is 0 Å². The molecule has 1 saturated carbocycles. The van der Waals surface area contributed by atoms with Gasteiger partial charge in [0.05, 0.1) is 18.2 Å². The molecule has 0 radical (unpaired) electrons. The van der Waals surface area contributed by atoms with Gasteiger partial charge in [-0.2, -0.15) is 0 Å². The molecule has 0 saturated heterocycles. The van der Waals surface area contributed by atoms with Crippen molar-refractivity contribution in [2.45, 2.75) is 18.4 Å². The lowest BCUT2D eigenvalue weighted by Crippen LogP contribution is -2.35. The van der Waals surface area contributed by atoms with E-state index in [2.05, 4.69) is 10.3 Å². The van der Waals surface area contributed by atoms with E-state index in [-0.39, 0.29) is 11.7 Å². The summed E-state index contributed by atoms with van der Waals surface area (Å²) in [5.41, 5.74) is 1.88. The summed E-state index contributed by atoms with van der Waals surface area (Å²) < 4.78 is 5.41. The zero-order valence-electron chi connectivity index (χ0n) is 13.8. The van der Waals surface area contributed by atoms with Crippen LogP contribution in [-0.4, -0.2) is 23.1 Å². The van der Waals surface area contributed by atoms with E-state index in [0.717, 1.165) is 35.1 Å². The molecule has 4 rings (SSSR count). The van der Waals surface area contributed by atoms with Gasteiger partial charge in [-0.3, -0.25) is 9.78 Å². The van der Waals surface area contributed by atoms with Crippen molar-refractivity contribution in [2.24, 2.45) is 0 Å². The van der Waals surface area contributed by atoms with Gasteiger partial charge >= 0.3 is 0 Å². The number of hydrogen-bond donors (Lipinski definition) is 2. The first-order chi connectivity index (χ1) is 12.1. The Morgan fingerprint density at radius 2 is 2.04 bits per heavy atom. The second-order valence-corrected chi connectivity index (χ2v) is 6.33. The van der Waals surface area contributed by atoms with Crippen molar-refractivity contribution < 1.29 is 14.6 Å². The zero-order chi connectivity index (χ0) is 17.4. The number of aromatic hydroxyl groups is 1. The van der Waals surface area contributed by atoms with Crippen LogP contribution in [-0.2, 0) is 5.54 Å². The second kappa shape index (κ2) is 5.77. The van der Waals surface area contributed by atoms with Crippen LogP contribution in [0, 0.1) is 0 Å². The summed E-state index contributed by atoms with van der Waals surface area (Å²) in [4.78, 5) is 17.1. The van der Waals surface area contributed by atoms with Crippen LogP contribution in [0.15, 0.2) is 54.7 Å². The van der Waals surface area contributed by atoms with Gasteiger partial charge in [0, 0.05) is 23.2 Å². The molecule has 1 aromatic heterocycles. The van der Waals surface area contributed by atoms with Crippen LogP contribution in [0.5, 0.6) is 11.5 Å². The molecule has 126 valence electrons. The number of nitrogens with one attached hydrogen (secondary N) is 1. The zero-order valence-corrected chi connectivity index (χ0v) is 13.8. The number of amides is 1. The third kappa shape index (κ3) is 2.78. The summed E-state index contributed by atoms with van der Waals surface area (Å²) in [5.74, 6) is 0.598. The Morgan fingerprint density at radius 3 is 2.76 bits per heavy atom. The smallest absolute Gasteiger partial charge is 0.252 e. The van der Waals surface area contributed by atoms with Crippen molar-refractivity contribution in [3.8, 4) is 11.5 Å². The number of benzene rings is 2. The van der Waals surface area contributed by atoms with Gasteiger partial charge < -0.3 is 15.2 Å². The summed E-state index contributed by atoms with van der Waals surface area (Å²) in [5, 5.41) is 13.7. The van der Waals surface area contributed by atoms with Gasteiger partial charge in [-0.25, -0.2) is 0 Å². The molecular weight excluding hydrogens is 316 g/mol. The molecular formula is C20H18N2O3. The molecule has 0 atom stereocenters. The normalized spacial score (nSPS) is 14.9. The number of nitrogens with zero attached hydrogens (tertiary/aromatic N) is 1. The summed E-state index contributed by atoms with van der Waals surface area (Å²) in [6.07, 6.45) is 3.46.